The molecule has 27 heavy (non-hydrogen) atoms. The summed E-state index contributed by atoms with van der Waals surface area (Å²) in [6.45, 7) is 5.94. The molecule has 132 valence electrons. The Morgan fingerprint density at radius 3 is 1.96 bits per heavy atom. The van der Waals surface area contributed by atoms with E-state index < -0.39 is 0 Å². The first-order valence-electron chi connectivity index (χ1n) is 8.96. The van der Waals surface area contributed by atoms with Crippen LogP contribution in [0.4, 0.5) is 0 Å². The van der Waals surface area contributed by atoms with Crippen LogP contribution in [0.15, 0.2) is 52.1 Å². The number of aromatic amines is 2. The summed E-state index contributed by atoms with van der Waals surface area (Å²) < 4.78 is 0. The number of benzene rings is 3. The maximum absolute atomic E-state index is 13.2. The van der Waals surface area contributed by atoms with Gasteiger partial charge in [-0.2, -0.15) is 0 Å². The van der Waals surface area contributed by atoms with E-state index in [0.717, 1.165) is 27.7 Å². The van der Waals surface area contributed by atoms with Crippen molar-refractivity contribution in [2.24, 2.45) is 0 Å². The smallest absolute Gasteiger partial charge is 0.197 e. The van der Waals surface area contributed by atoms with E-state index in [1.54, 1.807) is 12.1 Å². The predicted molar refractivity (Wildman–Crippen MR) is 112 cm³/mol. The molecular weight excluding hydrogens is 336 g/mol. The van der Waals surface area contributed by atoms with Crippen molar-refractivity contribution in [1.82, 2.24) is 9.97 Å². The van der Waals surface area contributed by atoms with Crippen LogP contribution in [0.5, 0.6) is 0 Å². The topological polar surface area (TPSA) is 65.7 Å². The van der Waals surface area contributed by atoms with Gasteiger partial charge in [0.2, 0.25) is 0 Å². The third-order valence-electron chi connectivity index (χ3n) is 5.57. The van der Waals surface area contributed by atoms with Gasteiger partial charge >= 0.3 is 0 Å². The van der Waals surface area contributed by atoms with E-state index >= 15 is 0 Å². The Kier molecular flexibility index (Phi) is 3.11. The summed E-state index contributed by atoms with van der Waals surface area (Å²) in [6, 6.07) is 13.3. The van der Waals surface area contributed by atoms with Crippen molar-refractivity contribution in [3.05, 3.63) is 79.6 Å². The van der Waals surface area contributed by atoms with E-state index in [1.807, 2.05) is 51.1 Å². The molecule has 0 unspecified atom stereocenters. The van der Waals surface area contributed by atoms with Crippen LogP contribution in [0.2, 0.25) is 0 Å². The Morgan fingerprint density at radius 2 is 1.22 bits per heavy atom. The van der Waals surface area contributed by atoms with E-state index in [0.29, 0.717) is 32.6 Å². The van der Waals surface area contributed by atoms with Gasteiger partial charge in [0, 0.05) is 27.1 Å². The first-order chi connectivity index (χ1) is 12.9. The van der Waals surface area contributed by atoms with Gasteiger partial charge in [-0.1, -0.05) is 17.7 Å². The SMILES string of the molecule is Cc1ccc2[nH]c3cc4c(=O)c5c(C)c(C)ccc5[nH]c4cc3c(=O)c2c1. The van der Waals surface area contributed by atoms with E-state index in [1.165, 1.54) is 0 Å². The number of aryl methyl sites for hydroxylation is 3. The molecule has 0 aliphatic rings. The van der Waals surface area contributed by atoms with Crippen LogP contribution in [0.3, 0.4) is 0 Å². The first-order valence-corrected chi connectivity index (χ1v) is 8.96. The second-order valence-corrected chi connectivity index (χ2v) is 7.33. The number of aromatic nitrogens is 2. The Morgan fingerprint density at radius 1 is 0.630 bits per heavy atom. The van der Waals surface area contributed by atoms with E-state index in [9.17, 15) is 9.59 Å². The van der Waals surface area contributed by atoms with Crippen LogP contribution in [0.1, 0.15) is 16.7 Å². The minimum absolute atomic E-state index is 0.00768. The average Bonchev–Trinajstić information content (AvgIpc) is 2.65. The van der Waals surface area contributed by atoms with Gasteiger partial charge in [0.05, 0.1) is 16.6 Å². The van der Waals surface area contributed by atoms with Crippen molar-refractivity contribution in [2.75, 3.05) is 0 Å². The molecule has 0 atom stereocenters. The van der Waals surface area contributed by atoms with Crippen LogP contribution in [-0.4, -0.2) is 9.97 Å². The van der Waals surface area contributed by atoms with Crippen molar-refractivity contribution in [2.45, 2.75) is 20.8 Å². The number of fused-ring (bicyclic) bond motifs is 4. The highest BCUT2D eigenvalue weighted by atomic mass is 16.1. The molecular formula is C23H18N2O2. The van der Waals surface area contributed by atoms with Gasteiger partial charge in [-0.15, -0.1) is 0 Å². The number of H-pyrrole nitrogens is 2. The summed E-state index contributed by atoms with van der Waals surface area (Å²) in [5.74, 6) is 0. The fourth-order valence-electron chi connectivity index (χ4n) is 3.92. The number of rotatable bonds is 0. The second-order valence-electron chi connectivity index (χ2n) is 7.33. The predicted octanol–water partition coefficient (Wildman–Crippen LogP) is 4.60. The molecule has 4 nitrogen and oxygen atoms in total. The lowest BCUT2D eigenvalue weighted by Crippen LogP contribution is -2.09. The van der Waals surface area contributed by atoms with Crippen molar-refractivity contribution in [3.8, 4) is 0 Å². The summed E-state index contributed by atoms with van der Waals surface area (Å²) in [4.78, 5) is 32.9. The molecule has 0 radical (unpaired) electrons. The van der Waals surface area contributed by atoms with Crippen LogP contribution in [0, 0.1) is 20.8 Å². The molecule has 0 amide bonds. The van der Waals surface area contributed by atoms with Crippen molar-refractivity contribution in [1.29, 1.82) is 0 Å². The lowest BCUT2D eigenvalue weighted by Gasteiger charge is -2.09. The third-order valence-corrected chi connectivity index (χ3v) is 5.57. The molecule has 0 spiro atoms. The molecule has 3 aromatic carbocycles. The third kappa shape index (κ3) is 2.16. The molecule has 2 N–H and O–H groups in total. The number of pyridine rings is 2. The fraction of sp³-hybridized carbons (Fsp3) is 0.130. The molecule has 0 fully saturated rings. The Bertz CT molecular complexity index is 1540. The summed E-state index contributed by atoms with van der Waals surface area (Å²) >= 11 is 0. The summed E-state index contributed by atoms with van der Waals surface area (Å²) in [5.41, 5.74) is 6.01. The normalized spacial score (nSPS) is 11.8. The molecule has 5 rings (SSSR count). The van der Waals surface area contributed by atoms with E-state index in [4.69, 9.17) is 0 Å². The summed E-state index contributed by atoms with van der Waals surface area (Å²) in [6.07, 6.45) is 0. The van der Waals surface area contributed by atoms with Gasteiger partial charge in [0.15, 0.2) is 10.9 Å². The number of hydrogen-bond acceptors (Lipinski definition) is 2. The van der Waals surface area contributed by atoms with Gasteiger partial charge in [-0.3, -0.25) is 9.59 Å². The highest BCUT2D eigenvalue weighted by Gasteiger charge is 2.13. The van der Waals surface area contributed by atoms with E-state index in [2.05, 4.69) is 9.97 Å². The second kappa shape index (κ2) is 5.30. The van der Waals surface area contributed by atoms with Crippen LogP contribution < -0.4 is 10.9 Å². The van der Waals surface area contributed by atoms with Crippen molar-refractivity contribution in [3.63, 3.8) is 0 Å². The molecule has 0 bridgehead atoms. The lowest BCUT2D eigenvalue weighted by molar-refractivity contribution is 1.35. The van der Waals surface area contributed by atoms with E-state index in [-0.39, 0.29) is 10.9 Å². The summed E-state index contributed by atoms with van der Waals surface area (Å²) in [7, 11) is 0. The Hall–Kier alpha value is -3.40. The molecule has 0 aliphatic carbocycles. The molecule has 5 aromatic rings. The zero-order valence-electron chi connectivity index (χ0n) is 15.4. The van der Waals surface area contributed by atoms with Gasteiger partial charge in [-0.25, -0.2) is 0 Å². The quantitative estimate of drug-likeness (QED) is 0.399. The van der Waals surface area contributed by atoms with Gasteiger partial charge < -0.3 is 9.97 Å². The number of hydrogen-bond donors (Lipinski definition) is 2. The minimum atomic E-state index is -0.0228. The molecule has 0 saturated heterocycles. The zero-order valence-corrected chi connectivity index (χ0v) is 15.4. The maximum Gasteiger partial charge on any atom is 0.197 e. The molecule has 4 heteroatoms. The van der Waals surface area contributed by atoms with Gasteiger partial charge in [0.25, 0.3) is 0 Å². The molecule has 0 aliphatic heterocycles. The van der Waals surface area contributed by atoms with Crippen LogP contribution in [0.25, 0.3) is 43.6 Å². The maximum atomic E-state index is 13.2. The first kappa shape index (κ1) is 15.8. The lowest BCUT2D eigenvalue weighted by atomic mass is 10.0. The largest absolute Gasteiger partial charge is 0.354 e. The Labute approximate surface area is 154 Å². The molecule has 2 heterocycles. The zero-order chi connectivity index (χ0) is 18.9. The Balaban J connectivity index is 2.01. The monoisotopic (exact) mass is 354 g/mol. The number of nitrogens with one attached hydrogen (secondary N) is 2. The fourth-order valence-corrected chi connectivity index (χ4v) is 3.92. The average molecular weight is 354 g/mol. The van der Waals surface area contributed by atoms with Crippen LogP contribution >= 0.6 is 0 Å². The minimum Gasteiger partial charge on any atom is -0.354 e. The molecule has 0 saturated carbocycles. The summed E-state index contributed by atoms with van der Waals surface area (Å²) in [5, 5.41) is 2.54. The molecule has 2 aromatic heterocycles. The highest BCUT2D eigenvalue weighted by Crippen LogP contribution is 2.24. The highest BCUT2D eigenvalue weighted by molar-refractivity contribution is 6.03. The van der Waals surface area contributed by atoms with Gasteiger partial charge in [0.1, 0.15) is 0 Å². The van der Waals surface area contributed by atoms with Crippen molar-refractivity contribution < 1.29 is 0 Å². The van der Waals surface area contributed by atoms with Crippen LogP contribution in [-0.2, 0) is 0 Å². The standard InChI is InChI=1S/C23H18N2O2/c1-11-4-6-17-14(8-11)22(26)15-9-20-16(10-19(15)24-17)23(27)21-13(3)12(2)5-7-18(21)25-20/h4-10H,1-3H3,(H,24,26)(H,25,27). The van der Waals surface area contributed by atoms with Crippen molar-refractivity contribution >= 4 is 43.6 Å². The van der Waals surface area contributed by atoms with Gasteiger partial charge in [-0.05, 0) is 62.2 Å².